The van der Waals surface area contributed by atoms with E-state index in [0.717, 1.165) is 0 Å². The predicted molar refractivity (Wildman–Crippen MR) is 58.2 cm³/mol. The van der Waals surface area contributed by atoms with Crippen LogP contribution in [-0.4, -0.2) is 26.8 Å². The summed E-state index contributed by atoms with van der Waals surface area (Å²) in [5.74, 6) is -1.65. The first-order valence-corrected chi connectivity index (χ1v) is 5.20. The minimum Gasteiger partial charge on any atom is -0.476 e. The fraction of sp³-hybridized carbons (Fsp3) is 0.455. The molecule has 0 spiro atoms. The largest absolute Gasteiger partial charge is 0.476 e. The van der Waals surface area contributed by atoms with Gasteiger partial charge in [-0.25, -0.2) is 9.78 Å². The molecular formula is C11H12N2O4. The molecule has 17 heavy (non-hydrogen) atoms. The summed E-state index contributed by atoms with van der Waals surface area (Å²) in [6.07, 6.45) is 0.814. The molecule has 0 aliphatic heterocycles. The molecule has 1 heterocycles. The molecule has 90 valence electrons. The molecule has 1 aliphatic rings. The number of aromatic carboxylic acids is 1. The van der Waals surface area contributed by atoms with Gasteiger partial charge in [-0.2, -0.15) is 0 Å². The zero-order chi connectivity index (χ0) is 12.8. The topological polar surface area (TPSA) is 100 Å². The lowest BCUT2D eigenvalue weighted by Gasteiger charge is -2.28. The van der Waals surface area contributed by atoms with Crippen molar-refractivity contribution in [1.29, 1.82) is 0 Å². The number of H-pyrrole nitrogens is 1. The Morgan fingerprint density at radius 1 is 1.35 bits per heavy atom. The van der Waals surface area contributed by atoms with E-state index in [1.807, 2.05) is 13.8 Å². The van der Waals surface area contributed by atoms with Gasteiger partial charge in [0.15, 0.2) is 5.78 Å². The molecule has 1 aliphatic carbocycles. The van der Waals surface area contributed by atoms with Gasteiger partial charge in [0.2, 0.25) is 5.69 Å². The molecule has 2 rings (SSSR count). The summed E-state index contributed by atoms with van der Waals surface area (Å²) >= 11 is 0. The van der Waals surface area contributed by atoms with E-state index < -0.39 is 17.2 Å². The van der Waals surface area contributed by atoms with Crippen molar-refractivity contribution in [3.05, 3.63) is 27.4 Å². The van der Waals surface area contributed by atoms with E-state index >= 15 is 0 Å². The fourth-order valence-corrected chi connectivity index (χ4v) is 2.05. The minimum atomic E-state index is -1.42. The van der Waals surface area contributed by atoms with Crippen LogP contribution in [0, 0.1) is 5.41 Å². The van der Waals surface area contributed by atoms with Crippen molar-refractivity contribution >= 4 is 11.8 Å². The summed E-state index contributed by atoms with van der Waals surface area (Å²) in [7, 11) is 0. The van der Waals surface area contributed by atoms with Gasteiger partial charge >= 0.3 is 5.97 Å². The summed E-state index contributed by atoms with van der Waals surface area (Å²) in [6.45, 7) is 3.83. The second kappa shape index (κ2) is 3.51. The molecule has 0 radical (unpaired) electrons. The maximum atomic E-state index is 11.8. The fourth-order valence-electron chi connectivity index (χ4n) is 2.05. The van der Waals surface area contributed by atoms with Crippen LogP contribution in [0.15, 0.2) is 4.79 Å². The minimum absolute atomic E-state index is 0.0846. The lowest BCUT2D eigenvalue weighted by atomic mass is 9.77. The molecule has 1 aromatic rings. The van der Waals surface area contributed by atoms with Crippen LogP contribution in [0.4, 0.5) is 0 Å². The van der Waals surface area contributed by atoms with E-state index in [9.17, 15) is 14.4 Å². The molecule has 6 heteroatoms. The molecule has 0 aromatic carbocycles. The molecule has 0 amide bonds. The zero-order valence-corrected chi connectivity index (χ0v) is 9.53. The molecule has 6 nitrogen and oxygen atoms in total. The molecular weight excluding hydrogens is 224 g/mol. The average molecular weight is 236 g/mol. The standard InChI is InChI=1S/C11H12N2O4/c1-11(2)3-5-7(6(14)4-11)13-8(10(16)17)9(15)12-5/h3-4H2,1-2H3,(H,12,15)(H,16,17). The Hall–Kier alpha value is -1.98. The van der Waals surface area contributed by atoms with Crippen LogP contribution >= 0.6 is 0 Å². The highest BCUT2D eigenvalue weighted by Crippen LogP contribution is 2.32. The Kier molecular flexibility index (Phi) is 2.38. The molecule has 0 saturated carbocycles. The summed E-state index contributed by atoms with van der Waals surface area (Å²) in [6, 6.07) is 0. The molecule has 0 fully saturated rings. The number of aromatic amines is 1. The van der Waals surface area contributed by atoms with Crippen molar-refractivity contribution in [3.63, 3.8) is 0 Å². The number of carbonyl (C=O) groups excluding carboxylic acids is 1. The number of carbonyl (C=O) groups is 2. The Bertz CT molecular complexity index is 571. The molecule has 0 bridgehead atoms. The lowest BCUT2D eigenvalue weighted by Crippen LogP contribution is -2.33. The molecule has 0 saturated heterocycles. The Balaban J connectivity index is 2.62. The Morgan fingerprint density at radius 2 is 2.00 bits per heavy atom. The van der Waals surface area contributed by atoms with Crippen LogP contribution in [0.3, 0.4) is 0 Å². The van der Waals surface area contributed by atoms with E-state index in [0.29, 0.717) is 18.5 Å². The van der Waals surface area contributed by atoms with Crippen molar-refractivity contribution < 1.29 is 14.7 Å². The first kappa shape index (κ1) is 11.5. The Labute approximate surface area is 96.7 Å². The highest BCUT2D eigenvalue weighted by atomic mass is 16.4. The summed E-state index contributed by atoms with van der Waals surface area (Å²) < 4.78 is 0. The number of carboxylic acids is 1. The molecule has 0 unspecified atom stereocenters. The predicted octanol–water partition coefficient (Wildman–Crippen LogP) is 0.623. The SMILES string of the molecule is CC1(C)CC(=O)c2nc(C(=O)O)c(=O)[nH]c2C1. The number of hydrogen-bond acceptors (Lipinski definition) is 4. The van der Waals surface area contributed by atoms with Gasteiger partial charge < -0.3 is 10.1 Å². The second-order valence-corrected chi connectivity index (χ2v) is 4.99. The number of nitrogens with zero attached hydrogens (tertiary/aromatic N) is 1. The van der Waals surface area contributed by atoms with Gasteiger partial charge in [0, 0.05) is 12.1 Å². The van der Waals surface area contributed by atoms with Crippen molar-refractivity contribution in [2.75, 3.05) is 0 Å². The molecule has 2 N–H and O–H groups in total. The summed E-state index contributed by atoms with van der Waals surface area (Å²) in [5.41, 5.74) is -1.11. The van der Waals surface area contributed by atoms with Crippen LogP contribution in [0.5, 0.6) is 0 Å². The third-order valence-electron chi connectivity index (χ3n) is 2.75. The molecule has 0 atom stereocenters. The Morgan fingerprint density at radius 3 is 2.59 bits per heavy atom. The first-order valence-electron chi connectivity index (χ1n) is 5.20. The van der Waals surface area contributed by atoms with Gasteiger partial charge in [0.05, 0.1) is 0 Å². The third-order valence-corrected chi connectivity index (χ3v) is 2.75. The second-order valence-electron chi connectivity index (χ2n) is 4.99. The monoisotopic (exact) mass is 236 g/mol. The van der Waals surface area contributed by atoms with Crippen molar-refractivity contribution in [2.24, 2.45) is 5.41 Å². The average Bonchev–Trinajstić information content (AvgIpc) is 2.13. The van der Waals surface area contributed by atoms with Crippen molar-refractivity contribution in [2.45, 2.75) is 26.7 Å². The van der Waals surface area contributed by atoms with E-state index in [2.05, 4.69) is 9.97 Å². The quantitative estimate of drug-likeness (QED) is 0.744. The van der Waals surface area contributed by atoms with E-state index in [4.69, 9.17) is 5.11 Å². The maximum Gasteiger partial charge on any atom is 0.360 e. The van der Waals surface area contributed by atoms with Crippen LogP contribution < -0.4 is 5.56 Å². The first-order chi connectivity index (χ1) is 7.80. The normalized spacial score (nSPS) is 17.6. The van der Waals surface area contributed by atoms with Crippen LogP contribution in [0.25, 0.3) is 0 Å². The van der Waals surface area contributed by atoms with Gasteiger partial charge in [-0.3, -0.25) is 9.59 Å². The number of aromatic nitrogens is 2. The van der Waals surface area contributed by atoms with Crippen LogP contribution in [0.1, 0.15) is 46.9 Å². The van der Waals surface area contributed by atoms with Crippen molar-refractivity contribution in [3.8, 4) is 0 Å². The van der Waals surface area contributed by atoms with Gasteiger partial charge in [-0.1, -0.05) is 13.8 Å². The van der Waals surface area contributed by atoms with Crippen molar-refractivity contribution in [1.82, 2.24) is 9.97 Å². The van der Waals surface area contributed by atoms with E-state index in [1.165, 1.54) is 0 Å². The van der Waals surface area contributed by atoms with Gasteiger partial charge in [0.25, 0.3) is 5.56 Å². The lowest BCUT2D eigenvalue weighted by molar-refractivity contribution is 0.0688. The number of Topliss-reactive ketones (excluding diaryl/α,β-unsaturated/α-hetero) is 1. The highest BCUT2D eigenvalue weighted by Gasteiger charge is 2.33. The molecule has 1 aromatic heterocycles. The number of hydrogen-bond donors (Lipinski definition) is 2. The number of carboxylic acid groups (broad SMARTS) is 1. The van der Waals surface area contributed by atoms with E-state index in [-0.39, 0.29) is 16.9 Å². The van der Waals surface area contributed by atoms with Crippen LogP contribution in [-0.2, 0) is 6.42 Å². The van der Waals surface area contributed by atoms with Gasteiger partial charge in [-0.15, -0.1) is 0 Å². The van der Waals surface area contributed by atoms with Gasteiger partial charge in [-0.05, 0) is 11.8 Å². The smallest absolute Gasteiger partial charge is 0.360 e. The summed E-state index contributed by atoms with van der Waals surface area (Å²) in [5, 5.41) is 8.76. The highest BCUT2D eigenvalue weighted by molar-refractivity contribution is 5.97. The summed E-state index contributed by atoms with van der Waals surface area (Å²) in [4.78, 5) is 40.1. The number of rotatable bonds is 1. The van der Waals surface area contributed by atoms with E-state index in [1.54, 1.807) is 0 Å². The third kappa shape index (κ3) is 1.98. The maximum absolute atomic E-state index is 11.8. The van der Waals surface area contributed by atoms with Crippen LogP contribution in [0.2, 0.25) is 0 Å². The zero-order valence-electron chi connectivity index (χ0n) is 9.53. The number of ketones is 1. The number of fused-ring (bicyclic) bond motifs is 1. The van der Waals surface area contributed by atoms with Gasteiger partial charge in [0.1, 0.15) is 5.69 Å². The number of nitrogens with one attached hydrogen (secondary N) is 1.